The molecule has 17 heavy (non-hydrogen) atoms. The third-order valence-electron chi connectivity index (χ3n) is 2.78. The fourth-order valence-electron chi connectivity index (χ4n) is 1.96. The van der Waals surface area contributed by atoms with Gasteiger partial charge in [0.15, 0.2) is 5.58 Å². The minimum atomic E-state index is -0.537. The molecular formula is C12H16N2O3. The Labute approximate surface area is 98.5 Å². The first kappa shape index (κ1) is 11.9. The summed E-state index contributed by atoms with van der Waals surface area (Å²) in [7, 11) is 0. The first-order chi connectivity index (χ1) is 8.06. The van der Waals surface area contributed by atoms with E-state index >= 15 is 0 Å². The molecule has 2 aromatic rings. The Morgan fingerprint density at radius 2 is 2.18 bits per heavy atom. The number of oxazole rings is 1. The van der Waals surface area contributed by atoms with Gasteiger partial charge in [0.25, 0.3) is 0 Å². The average molecular weight is 236 g/mol. The quantitative estimate of drug-likeness (QED) is 0.838. The fourth-order valence-corrected chi connectivity index (χ4v) is 1.96. The van der Waals surface area contributed by atoms with Gasteiger partial charge in [-0.1, -0.05) is 12.1 Å². The van der Waals surface area contributed by atoms with Crippen LogP contribution < -0.4 is 11.5 Å². The standard InChI is InChI=1S/C12H16N2O3/c1-7(2)14-10-5-3-4-8(9(13)6-15)11(10)17-12(14)16/h3-5,7,9,15H,6,13H2,1-2H3. The van der Waals surface area contributed by atoms with Crippen molar-refractivity contribution in [3.63, 3.8) is 0 Å². The zero-order chi connectivity index (χ0) is 12.6. The molecule has 3 N–H and O–H groups in total. The van der Waals surface area contributed by atoms with Crippen LogP contribution in [-0.4, -0.2) is 16.3 Å². The van der Waals surface area contributed by atoms with E-state index in [0.29, 0.717) is 16.7 Å². The van der Waals surface area contributed by atoms with Gasteiger partial charge in [-0.05, 0) is 19.9 Å². The Kier molecular flexibility index (Phi) is 3.04. The molecule has 0 saturated heterocycles. The van der Waals surface area contributed by atoms with Crippen LogP contribution in [0.25, 0.3) is 11.1 Å². The molecule has 0 fully saturated rings. The van der Waals surface area contributed by atoms with Gasteiger partial charge in [-0.2, -0.15) is 0 Å². The second kappa shape index (κ2) is 4.35. The van der Waals surface area contributed by atoms with Gasteiger partial charge in [-0.15, -0.1) is 0 Å². The highest BCUT2D eigenvalue weighted by Gasteiger charge is 2.17. The molecular weight excluding hydrogens is 220 g/mol. The highest BCUT2D eigenvalue weighted by molar-refractivity contribution is 5.77. The third-order valence-corrected chi connectivity index (χ3v) is 2.78. The second-order valence-electron chi connectivity index (χ2n) is 4.32. The summed E-state index contributed by atoms with van der Waals surface area (Å²) in [6.07, 6.45) is 0. The molecule has 0 aliphatic rings. The summed E-state index contributed by atoms with van der Waals surface area (Å²) in [5.41, 5.74) is 7.61. The molecule has 1 heterocycles. The van der Waals surface area contributed by atoms with E-state index in [-0.39, 0.29) is 12.6 Å². The number of aliphatic hydroxyl groups is 1. The lowest BCUT2D eigenvalue weighted by molar-refractivity contribution is 0.268. The number of nitrogens with two attached hydrogens (primary N) is 1. The van der Waals surface area contributed by atoms with Gasteiger partial charge in [0, 0.05) is 11.6 Å². The number of para-hydroxylation sites is 1. The summed E-state index contributed by atoms with van der Waals surface area (Å²) in [5.74, 6) is -0.396. The highest BCUT2D eigenvalue weighted by Crippen LogP contribution is 2.24. The molecule has 0 spiro atoms. The van der Waals surface area contributed by atoms with Crippen LogP contribution in [0.3, 0.4) is 0 Å². The van der Waals surface area contributed by atoms with Crippen molar-refractivity contribution in [1.82, 2.24) is 4.57 Å². The summed E-state index contributed by atoms with van der Waals surface area (Å²) < 4.78 is 6.80. The van der Waals surface area contributed by atoms with Crippen molar-refractivity contribution in [1.29, 1.82) is 0 Å². The van der Waals surface area contributed by atoms with Gasteiger partial charge < -0.3 is 15.3 Å². The minimum absolute atomic E-state index is 0.0179. The smallest absolute Gasteiger partial charge is 0.407 e. The maximum absolute atomic E-state index is 11.7. The van der Waals surface area contributed by atoms with Gasteiger partial charge >= 0.3 is 5.76 Å². The Morgan fingerprint density at radius 1 is 1.47 bits per heavy atom. The van der Waals surface area contributed by atoms with E-state index in [1.165, 1.54) is 0 Å². The molecule has 0 aliphatic heterocycles. The third kappa shape index (κ3) is 1.87. The lowest BCUT2D eigenvalue weighted by Crippen LogP contribution is -2.16. The van der Waals surface area contributed by atoms with E-state index < -0.39 is 11.8 Å². The molecule has 2 rings (SSSR count). The van der Waals surface area contributed by atoms with Crippen molar-refractivity contribution < 1.29 is 9.52 Å². The maximum atomic E-state index is 11.7. The van der Waals surface area contributed by atoms with Gasteiger partial charge in [0.2, 0.25) is 0 Å². The van der Waals surface area contributed by atoms with Crippen LogP contribution in [0, 0.1) is 0 Å². The minimum Gasteiger partial charge on any atom is -0.407 e. The fraction of sp³-hybridized carbons (Fsp3) is 0.417. The molecule has 0 bridgehead atoms. The summed E-state index contributed by atoms with van der Waals surface area (Å²) in [5, 5.41) is 9.08. The maximum Gasteiger partial charge on any atom is 0.420 e. The number of fused-ring (bicyclic) bond motifs is 1. The van der Waals surface area contributed by atoms with Crippen LogP contribution in [0.1, 0.15) is 31.5 Å². The van der Waals surface area contributed by atoms with Crippen molar-refractivity contribution >= 4 is 11.1 Å². The number of hydrogen-bond donors (Lipinski definition) is 2. The molecule has 1 atom stereocenters. The molecule has 5 heteroatoms. The topological polar surface area (TPSA) is 81.4 Å². The van der Waals surface area contributed by atoms with Crippen LogP contribution in [-0.2, 0) is 0 Å². The Balaban J connectivity index is 2.75. The number of nitrogens with zero attached hydrogens (tertiary/aromatic N) is 1. The van der Waals surface area contributed by atoms with E-state index in [1.807, 2.05) is 19.9 Å². The second-order valence-corrected chi connectivity index (χ2v) is 4.32. The number of aromatic nitrogens is 1. The van der Waals surface area contributed by atoms with Crippen molar-refractivity contribution in [3.8, 4) is 0 Å². The molecule has 0 radical (unpaired) electrons. The van der Waals surface area contributed by atoms with Crippen molar-refractivity contribution in [2.24, 2.45) is 5.73 Å². The lowest BCUT2D eigenvalue weighted by atomic mass is 10.1. The highest BCUT2D eigenvalue weighted by atomic mass is 16.4. The first-order valence-electron chi connectivity index (χ1n) is 5.56. The predicted octanol–water partition coefficient (Wildman–Crippen LogP) is 1.17. The Bertz CT molecular complexity index is 583. The molecule has 92 valence electrons. The first-order valence-corrected chi connectivity index (χ1v) is 5.56. The van der Waals surface area contributed by atoms with Gasteiger partial charge in [0.1, 0.15) is 0 Å². The molecule has 0 saturated carbocycles. The molecule has 0 amide bonds. The van der Waals surface area contributed by atoms with Crippen LogP contribution in [0.15, 0.2) is 27.4 Å². The van der Waals surface area contributed by atoms with Crippen molar-refractivity contribution in [2.75, 3.05) is 6.61 Å². The Morgan fingerprint density at radius 3 is 2.76 bits per heavy atom. The molecule has 1 aromatic carbocycles. The van der Waals surface area contributed by atoms with Gasteiger partial charge in [0.05, 0.1) is 18.2 Å². The van der Waals surface area contributed by atoms with E-state index in [9.17, 15) is 4.79 Å². The summed E-state index contributed by atoms with van der Waals surface area (Å²) in [4.78, 5) is 11.7. The summed E-state index contributed by atoms with van der Waals surface area (Å²) in [6, 6.07) is 4.86. The van der Waals surface area contributed by atoms with E-state index in [0.717, 1.165) is 0 Å². The van der Waals surface area contributed by atoms with Crippen molar-refractivity contribution in [3.05, 3.63) is 34.3 Å². The lowest BCUT2D eigenvalue weighted by Gasteiger charge is -2.09. The summed E-state index contributed by atoms with van der Waals surface area (Å²) >= 11 is 0. The SMILES string of the molecule is CC(C)n1c(=O)oc2c(C(N)CO)cccc21. The van der Waals surface area contributed by atoms with E-state index in [4.69, 9.17) is 15.3 Å². The zero-order valence-electron chi connectivity index (χ0n) is 9.88. The van der Waals surface area contributed by atoms with E-state index in [2.05, 4.69) is 0 Å². The molecule has 1 aromatic heterocycles. The van der Waals surface area contributed by atoms with Crippen LogP contribution in [0.5, 0.6) is 0 Å². The zero-order valence-corrected chi connectivity index (χ0v) is 9.88. The van der Waals surface area contributed by atoms with E-state index in [1.54, 1.807) is 16.7 Å². The predicted molar refractivity (Wildman–Crippen MR) is 64.9 cm³/mol. The van der Waals surface area contributed by atoms with Crippen molar-refractivity contribution in [2.45, 2.75) is 25.9 Å². The largest absolute Gasteiger partial charge is 0.420 e. The van der Waals surface area contributed by atoms with Crippen LogP contribution in [0.2, 0.25) is 0 Å². The average Bonchev–Trinajstić information content (AvgIpc) is 2.63. The van der Waals surface area contributed by atoms with Gasteiger partial charge in [-0.25, -0.2) is 4.79 Å². The molecule has 5 nitrogen and oxygen atoms in total. The number of hydrogen-bond acceptors (Lipinski definition) is 4. The molecule has 1 unspecified atom stereocenters. The number of rotatable bonds is 3. The number of aliphatic hydroxyl groups excluding tert-OH is 1. The normalized spacial score (nSPS) is 13.5. The number of benzene rings is 1. The molecule has 0 aliphatic carbocycles. The Hall–Kier alpha value is -1.59. The van der Waals surface area contributed by atoms with Gasteiger partial charge in [-0.3, -0.25) is 4.57 Å². The summed E-state index contributed by atoms with van der Waals surface area (Å²) in [6.45, 7) is 3.64. The monoisotopic (exact) mass is 236 g/mol. The van der Waals surface area contributed by atoms with Crippen LogP contribution >= 0.6 is 0 Å². The van der Waals surface area contributed by atoms with Crippen LogP contribution in [0.4, 0.5) is 0 Å².